The van der Waals surface area contributed by atoms with Gasteiger partial charge in [0.15, 0.2) is 0 Å². The van der Waals surface area contributed by atoms with Gasteiger partial charge in [-0.15, -0.1) is 0 Å². The van der Waals surface area contributed by atoms with Crippen LogP contribution in [0, 0.1) is 0 Å². The van der Waals surface area contributed by atoms with E-state index in [1.807, 2.05) is 0 Å². The Kier molecular flexibility index (Phi) is 4.87. The zero-order chi connectivity index (χ0) is 14.7. The molecule has 118 valence electrons. The number of aromatic nitrogens is 2. The predicted molar refractivity (Wildman–Crippen MR) is 79.2 cm³/mol. The average molecular weight is 294 g/mol. The van der Waals surface area contributed by atoms with E-state index in [0.717, 1.165) is 45.0 Å². The summed E-state index contributed by atoms with van der Waals surface area (Å²) in [5.41, 5.74) is 0. The summed E-state index contributed by atoms with van der Waals surface area (Å²) < 4.78 is 11.3. The van der Waals surface area contributed by atoms with E-state index in [-0.39, 0.29) is 6.10 Å². The SMILES string of the molecule is CCCNC1CCCC1c1nc(C2CN(C)CCO2)no1. The minimum atomic E-state index is -0.0512. The first-order valence-corrected chi connectivity index (χ1v) is 8.15. The second-order valence-corrected chi connectivity index (χ2v) is 6.21. The number of nitrogens with zero attached hydrogens (tertiary/aromatic N) is 3. The van der Waals surface area contributed by atoms with E-state index in [1.54, 1.807) is 0 Å². The molecule has 3 atom stereocenters. The summed E-state index contributed by atoms with van der Waals surface area (Å²) in [6.45, 7) is 5.78. The van der Waals surface area contributed by atoms with E-state index in [1.165, 1.54) is 12.8 Å². The fraction of sp³-hybridized carbons (Fsp3) is 0.867. The molecule has 2 aliphatic rings. The molecule has 2 fully saturated rings. The molecule has 3 rings (SSSR count). The topological polar surface area (TPSA) is 63.4 Å². The molecule has 3 unspecified atom stereocenters. The van der Waals surface area contributed by atoms with Gasteiger partial charge in [0.05, 0.1) is 12.5 Å². The van der Waals surface area contributed by atoms with Gasteiger partial charge < -0.3 is 19.5 Å². The highest BCUT2D eigenvalue weighted by Gasteiger charge is 2.33. The van der Waals surface area contributed by atoms with E-state index in [2.05, 4.69) is 34.3 Å². The van der Waals surface area contributed by atoms with Crippen LogP contribution in [0.15, 0.2) is 4.52 Å². The number of nitrogens with one attached hydrogen (secondary N) is 1. The number of hydrogen-bond donors (Lipinski definition) is 1. The van der Waals surface area contributed by atoms with E-state index < -0.39 is 0 Å². The second kappa shape index (κ2) is 6.85. The number of likely N-dealkylation sites (N-methyl/N-ethyl adjacent to an activating group) is 1. The number of hydrogen-bond acceptors (Lipinski definition) is 6. The lowest BCUT2D eigenvalue weighted by molar-refractivity contribution is -0.0264. The van der Waals surface area contributed by atoms with Gasteiger partial charge in [0.2, 0.25) is 11.7 Å². The van der Waals surface area contributed by atoms with E-state index >= 15 is 0 Å². The third kappa shape index (κ3) is 3.44. The lowest BCUT2D eigenvalue weighted by Gasteiger charge is -2.27. The highest BCUT2D eigenvalue weighted by atomic mass is 16.5. The summed E-state index contributed by atoms with van der Waals surface area (Å²) >= 11 is 0. The van der Waals surface area contributed by atoms with Crippen molar-refractivity contribution in [3.63, 3.8) is 0 Å². The van der Waals surface area contributed by atoms with E-state index in [9.17, 15) is 0 Å². The molecule has 1 aliphatic carbocycles. The highest BCUT2D eigenvalue weighted by Crippen LogP contribution is 2.34. The third-order valence-corrected chi connectivity index (χ3v) is 4.50. The lowest BCUT2D eigenvalue weighted by atomic mass is 10.0. The van der Waals surface area contributed by atoms with Crippen LogP contribution < -0.4 is 5.32 Å². The summed E-state index contributed by atoms with van der Waals surface area (Å²) in [6, 6.07) is 0.480. The maximum atomic E-state index is 5.76. The Labute approximate surface area is 126 Å². The molecule has 0 bridgehead atoms. The third-order valence-electron chi connectivity index (χ3n) is 4.50. The minimum absolute atomic E-state index is 0.0512. The Hall–Kier alpha value is -0.980. The summed E-state index contributed by atoms with van der Waals surface area (Å²) in [7, 11) is 2.10. The largest absolute Gasteiger partial charge is 0.367 e. The molecule has 0 spiro atoms. The van der Waals surface area contributed by atoms with Crippen LogP contribution >= 0.6 is 0 Å². The molecule has 6 heteroatoms. The van der Waals surface area contributed by atoms with Crippen LogP contribution in [0.25, 0.3) is 0 Å². The molecule has 6 nitrogen and oxygen atoms in total. The molecule has 1 aliphatic heterocycles. The molecule has 0 radical (unpaired) electrons. The standard InChI is InChI=1S/C15H26N4O2/c1-3-7-16-12-6-4-5-11(12)15-17-14(18-21-15)13-10-19(2)8-9-20-13/h11-13,16H,3-10H2,1-2H3. The molecular weight excluding hydrogens is 268 g/mol. The van der Waals surface area contributed by atoms with Crippen molar-refractivity contribution in [1.82, 2.24) is 20.4 Å². The fourth-order valence-electron chi connectivity index (χ4n) is 3.29. The highest BCUT2D eigenvalue weighted by molar-refractivity contribution is 5.04. The van der Waals surface area contributed by atoms with E-state index in [4.69, 9.17) is 9.26 Å². The summed E-state index contributed by atoms with van der Waals surface area (Å²) in [4.78, 5) is 6.88. The van der Waals surface area contributed by atoms with Gasteiger partial charge >= 0.3 is 0 Å². The Bertz CT molecular complexity index is 451. The van der Waals surface area contributed by atoms with Crippen LogP contribution in [0.3, 0.4) is 0 Å². The Morgan fingerprint density at radius 3 is 3.10 bits per heavy atom. The van der Waals surface area contributed by atoms with Gasteiger partial charge in [-0.2, -0.15) is 4.98 Å². The smallest absolute Gasteiger partial charge is 0.231 e. The van der Waals surface area contributed by atoms with Crippen molar-refractivity contribution >= 4 is 0 Å². The maximum Gasteiger partial charge on any atom is 0.231 e. The van der Waals surface area contributed by atoms with Crippen molar-refractivity contribution in [1.29, 1.82) is 0 Å². The van der Waals surface area contributed by atoms with Gasteiger partial charge in [-0.3, -0.25) is 0 Å². The van der Waals surface area contributed by atoms with Crippen molar-refractivity contribution in [2.45, 2.75) is 50.7 Å². The molecule has 1 aromatic heterocycles. The van der Waals surface area contributed by atoms with Crippen molar-refractivity contribution in [2.24, 2.45) is 0 Å². The molecule has 1 N–H and O–H groups in total. The van der Waals surface area contributed by atoms with Crippen molar-refractivity contribution in [3.05, 3.63) is 11.7 Å². The van der Waals surface area contributed by atoms with Gasteiger partial charge in [-0.25, -0.2) is 0 Å². The van der Waals surface area contributed by atoms with E-state index in [0.29, 0.717) is 17.8 Å². The Morgan fingerprint density at radius 2 is 2.29 bits per heavy atom. The van der Waals surface area contributed by atoms with Crippen LogP contribution in [0.2, 0.25) is 0 Å². The van der Waals surface area contributed by atoms with Crippen LogP contribution in [-0.2, 0) is 4.74 Å². The molecule has 1 aromatic rings. The molecule has 1 saturated heterocycles. The normalized spacial score (nSPS) is 30.9. The first-order chi connectivity index (χ1) is 10.3. The summed E-state index contributed by atoms with van der Waals surface area (Å²) in [6.07, 6.45) is 4.66. The van der Waals surface area contributed by atoms with Gasteiger partial charge in [0, 0.05) is 19.1 Å². The zero-order valence-corrected chi connectivity index (χ0v) is 13.0. The van der Waals surface area contributed by atoms with Gasteiger partial charge in [-0.1, -0.05) is 18.5 Å². The maximum absolute atomic E-state index is 5.76. The quantitative estimate of drug-likeness (QED) is 0.892. The fourth-order valence-corrected chi connectivity index (χ4v) is 3.29. The van der Waals surface area contributed by atoms with Crippen molar-refractivity contribution in [3.8, 4) is 0 Å². The second-order valence-electron chi connectivity index (χ2n) is 6.21. The monoisotopic (exact) mass is 294 g/mol. The van der Waals surface area contributed by atoms with Gasteiger partial charge in [0.1, 0.15) is 6.10 Å². The predicted octanol–water partition coefficient (Wildman–Crippen LogP) is 1.71. The van der Waals surface area contributed by atoms with Crippen molar-refractivity contribution in [2.75, 3.05) is 33.3 Å². The van der Waals surface area contributed by atoms with Gasteiger partial charge in [0.25, 0.3) is 0 Å². The molecule has 21 heavy (non-hydrogen) atoms. The first-order valence-electron chi connectivity index (χ1n) is 8.15. The number of morpholine rings is 1. The van der Waals surface area contributed by atoms with Crippen molar-refractivity contribution < 1.29 is 9.26 Å². The van der Waals surface area contributed by atoms with Crippen LogP contribution in [0.1, 0.15) is 56.3 Å². The number of ether oxygens (including phenoxy) is 1. The number of rotatable bonds is 5. The molecule has 1 saturated carbocycles. The van der Waals surface area contributed by atoms with Crippen LogP contribution in [-0.4, -0.2) is 54.4 Å². The molecule has 0 aromatic carbocycles. The van der Waals surface area contributed by atoms with Crippen LogP contribution in [0.4, 0.5) is 0 Å². The average Bonchev–Trinajstić information content (AvgIpc) is 3.13. The Balaban J connectivity index is 1.66. The molecule has 2 heterocycles. The summed E-state index contributed by atoms with van der Waals surface area (Å²) in [5.74, 6) is 1.85. The first kappa shape index (κ1) is 14.9. The Morgan fingerprint density at radius 1 is 1.38 bits per heavy atom. The summed E-state index contributed by atoms with van der Waals surface area (Å²) in [5, 5.41) is 7.78. The minimum Gasteiger partial charge on any atom is -0.367 e. The molecule has 0 amide bonds. The van der Waals surface area contributed by atoms with Crippen LogP contribution in [0.5, 0.6) is 0 Å². The lowest BCUT2D eigenvalue weighted by Crippen LogP contribution is -2.35. The van der Waals surface area contributed by atoms with Gasteiger partial charge in [-0.05, 0) is 32.9 Å². The molecular formula is C15H26N4O2. The zero-order valence-electron chi connectivity index (χ0n) is 13.0.